The van der Waals surface area contributed by atoms with E-state index in [1.165, 1.54) is 4.88 Å². The van der Waals surface area contributed by atoms with E-state index in [4.69, 9.17) is 0 Å². The Morgan fingerprint density at radius 2 is 1.93 bits per heavy atom. The highest BCUT2D eigenvalue weighted by molar-refractivity contribution is 7.15. The largest absolute Gasteiger partial charge is 0.383 e. The summed E-state index contributed by atoms with van der Waals surface area (Å²) in [4.78, 5) is 20.5. The molecule has 0 radical (unpaired) electrons. The molecule has 138 valence electrons. The van der Waals surface area contributed by atoms with Gasteiger partial charge in [0.2, 0.25) is 0 Å². The molecule has 1 fully saturated rings. The van der Waals surface area contributed by atoms with E-state index < -0.39 is 5.60 Å². The Morgan fingerprint density at radius 3 is 2.63 bits per heavy atom. The monoisotopic (exact) mass is 378 g/mol. The highest BCUT2D eigenvalue weighted by Crippen LogP contribution is 2.33. The number of nitrogens with zero attached hydrogens (tertiary/aromatic N) is 2. The fourth-order valence-electron chi connectivity index (χ4n) is 3.52. The van der Waals surface area contributed by atoms with Crippen molar-refractivity contribution in [3.63, 3.8) is 0 Å². The minimum Gasteiger partial charge on any atom is -0.383 e. The fourth-order valence-corrected chi connectivity index (χ4v) is 4.43. The minimum atomic E-state index is -0.974. The van der Waals surface area contributed by atoms with Crippen molar-refractivity contribution in [3.8, 4) is 10.6 Å². The van der Waals surface area contributed by atoms with Gasteiger partial charge in [0.15, 0.2) is 0 Å². The second-order valence-electron chi connectivity index (χ2n) is 7.12. The van der Waals surface area contributed by atoms with E-state index in [1.807, 2.05) is 61.5 Å². The highest BCUT2D eigenvalue weighted by Gasteiger charge is 2.39. The quantitative estimate of drug-likeness (QED) is 0.744. The summed E-state index contributed by atoms with van der Waals surface area (Å²) in [5.41, 5.74) is 2.51. The molecule has 3 aromatic rings. The lowest BCUT2D eigenvalue weighted by atomic mass is 9.93. The topological polar surface area (TPSA) is 53.4 Å². The summed E-state index contributed by atoms with van der Waals surface area (Å²) in [7, 11) is 0. The Labute approximate surface area is 163 Å². The molecule has 1 N–H and O–H groups in total. The number of thiazole rings is 1. The molecule has 1 saturated heterocycles. The smallest absolute Gasteiger partial charge is 0.253 e. The molecule has 2 aromatic carbocycles. The summed E-state index contributed by atoms with van der Waals surface area (Å²) < 4.78 is 0. The van der Waals surface area contributed by atoms with E-state index in [2.05, 4.69) is 11.9 Å². The number of aryl methyl sites for hydroxylation is 2. The standard InChI is InChI=1S/C22H22N2O2S/c1-15-16(2)27-20(23-15)17-7-6-8-18(13-17)21(25)24-12-11-22(26,14-24)19-9-4-3-5-10-19/h3-10,13,26H,11-12,14H2,1-2H3/t22-/m1/s1. The van der Waals surface area contributed by atoms with E-state index in [9.17, 15) is 9.90 Å². The molecule has 0 bridgehead atoms. The number of hydrogen-bond donors (Lipinski definition) is 1. The molecule has 1 aromatic heterocycles. The molecule has 4 nitrogen and oxygen atoms in total. The van der Waals surface area contributed by atoms with Crippen molar-refractivity contribution in [3.05, 3.63) is 76.3 Å². The summed E-state index contributed by atoms with van der Waals surface area (Å²) in [6, 6.07) is 17.2. The van der Waals surface area contributed by atoms with E-state index in [0.29, 0.717) is 25.1 Å². The maximum Gasteiger partial charge on any atom is 0.253 e. The van der Waals surface area contributed by atoms with Crippen LogP contribution < -0.4 is 0 Å². The Balaban J connectivity index is 1.56. The molecule has 0 spiro atoms. The van der Waals surface area contributed by atoms with Gasteiger partial charge in [0.05, 0.1) is 12.2 Å². The number of aliphatic hydroxyl groups is 1. The first-order valence-corrected chi connectivity index (χ1v) is 9.89. The minimum absolute atomic E-state index is 0.0475. The molecule has 5 heteroatoms. The van der Waals surface area contributed by atoms with Gasteiger partial charge in [-0.3, -0.25) is 4.79 Å². The maximum absolute atomic E-state index is 13.0. The average Bonchev–Trinajstić information content (AvgIpc) is 3.26. The number of carbonyl (C=O) groups excluding carboxylic acids is 1. The Morgan fingerprint density at radius 1 is 1.15 bits per heavy atom. The first kappa shape index (κ1) is 17.9. The number of likely N-dealkylation sites (tertiary alicyclic amines) is 1. The Bertz CT molecular complexity index is 963. The lowest BCUT2D eigenvalue weighted by molar-refractivity contribution is 0.0417. The number of benzene rings is 2. The normalized spacial score (nSPS) is 19.4. The number of rotatable bonds is 3. The van der Waals surface area contributed by atoms with Crippen molar-refractivity contribution in [1.29, 1.82) is 0 Å². The summed E-state index contributed by atoms with van der Waals surface area (Å²) in [5.74, 6) is -0.0475. The van der Waals surface area contributed by atoms with Gasteiger partial charge < -0.3 is 10.0 Å². The molecule has 1 atom stereocenters. The van der Waals surface area contributed by atoms with Gasteiger partial charge in [-0.2, -0.15) is 0 Å². The summed E-state index contributed by atoms with van der Waals surface area (Å²) >= 11 is 1.64. The van der Waals surface area contributed by atoms with Crippen LogP contribution in [-0.2, 0) is 5.60 Å². The third kappa shape index (κ3) is 3.40. The zero-order valence-corrected chi connectivity index (χ0v) is 16.3. The van der Waals surface area contributed by atoms with E-state index in [0.717, 1.165) is 21.8 Å². The number of amides is 1. The lowest BCUT2D eigenvalue weighted by Crippen LogP contribution is -2.34. The molecular weight excluding hydrogens is 356 g/mol. The molecule has 27 heavy (non-hydrogen) atoms. The van der Waals surface area contributed by atoms with Crippen molar-refractivity contribution >= 4 is 17.2 Å². The molecule has 1 amide bonds. The van der Waals surface area contributed by atoms with Gasteiger partial charge in [-0.25, -0.2) is 4.98 Å². The summed E-state index contributed by atoms with van der Waals surface area (Å²) in [5, 5.41) is 11.9. The van der Waals surface area contributed by atoms with Crippen LogP contribution in [0.4, 0.5) is 0 Å². The van der Waals surface area contributed by atoms with Crippen molar-refractivity contribution < 1.29 is 9.90 Å². The second-order valence-corrected chi connectivity index (χ2v) is 8.32. The molecule has 2 heterocycles. The van der Waals surface area contributed by atoms with Crippen LogP contribution in [0.25, 0.3) is 10.6 Å². The van der Waals surface area contributed by atoms with Crippen LogP contribution in [0.15, 0.2) is 54.6 Å². The van der Waals surface area contributed by atoms with Gasteiger partial charge in [-0.1, -0.05) is 42.5 Å². The van der Waals surface area contributed by atoms with Crippen molar-refractivity contribution in [1.82, 2.24) is 9.88 Å². The SMILES string of the molecule is Cc1nc(-c2cccc(C(=O)N3CC[C@](O)(c4ccccc4)C3)c2)sc1C. The van der Waals surface area contributed by atoms with Gasteiger partial charge in [-0.05, 0) is 38.0 Å². The van der Waals surface area contributed by atoms with Crippen LogP contribution >= 0.6 is 11.3 Å². The Kier molecular flexibility index (Phi) is 4.58. The first-order chi connectivity index (χ1) is 13.0. The predicted molar refractivity (Wildman–Crippen MR) is 108 cm³/mol. The number of aromatic nitrogens is 1. The molecule has 0 saturated carbocycles. The molecule has 1 aliphatic heterocycles. The molecule has 1 aliphatic rings. The van der Waals surface area contributed by atoms with Gasteiger partial charge in [0.25, 0.3) is 5.91 Å². The average molecular weight is 378 g/mol. The zero-order valence-electron chi connectivity index (χ0n) is 15.5. The zero-order chi connectivity index (χ0) is 19.0. The molecule has 4 rings (SSSR count). The predicted octanol–water partition coefficient (Wildman–Crippen LogP) is 4.16. The number of β-amino-alcohol motifs (C(OH)–C–C–N with tert-alkyl or cyclic N) is 1. The van der Waals surface area contributed by atoms with Gasteiger partial charge in [0.1, 0.15) is 10.6 Å². The van der Waals surface area contributed by atoms with Crippen LogP contribution in [0.1, 0.15) is 32.9 Å². The van der Waals surface area contributed by atoms with Crippen LogP contribution in [0.3, 0.4) is 0 Å². The van der Waals surface area contributed by atoms with Crippen molar-refractivity contribution in [2.75, 3.05) is 13.1 Å². The van der Waals surface area contributed by atoms with Crippen LogP contribution in [0.5, 0.6) is 0 Å². The van der Waals surface area contributed by atoms with E-state index >= 15 is 0 Å². The summed E-state index contributed by atoms with van der Waals surface area (Å²) in [6.07, 6.45) is 0.549. The second kappa shape index (κ2) is 6.91. The number of carbonyl (C=O) groups is 1. The molecule has 0 aliphatic carbocycles. The van der Waals surface area contributed by atoms with E-state index in [-0.39, 0.29) is 5.91 Å². The van der Waals surface area contributed by atoms with Crippen LogP contribution in [0, 0.1) is 13.8 Å². The van der Waals surface area contributed by atoms with Crippen molar-refractivity contribution in [2.45, 2.75) is 25.9 Å². The van der Waals surface area contributed by atoms with Gasteiger partial charge in [-0.15, -0.1) is 11.3 Å². The lowest BCUT2D eigenvalue weighted by Gasteiger charge is -2.24. The van der Waals surface area contributed by atoms with Gasteiger partial charge in [0, 0.05) is 22.5 Å². The van der Waals surface area contributed by atoms with E-state index in [1.54, 1.807) is 16.2 Å². The van der Waals surface area contributed by atoms with Crippen LogP contribution in [-0.4, -0.2) is 34.0 Å². The molecular formula is C22H22N2O2S. The highest BCUT2D eigenvalue weighted by atomic mass is 32.1. The number of hydrogen-bond acceptors (Lipinski definition) is 4. The third-order valence-electron chi connectivity index (χ3n) is 5.23. The maximum atomic E-state index is 13.0. The van der Waals surface area contributed by atoms with Crippen molar-refractivity contribution in [2.24, 2.45) is 0 Å². The Hall–Kier alpha value is -2.50. The first-order valence-electron chi connectivity index (χ1n) is 9.08. The fraction of sp³-hybridized carbons (Fsp3) is 0.273. The van der Waals surface area contributed by atoms with Gasteiger partial charge >= 0.3 is 0 Å². The third-order valence-corrected chi connectivity index (χ3v) is 6.35. The summed E-state index contributed by atoms with van der Waals surface area (Å²) in [6.45, 7) is 4.92. The molecule has 0 unspecified atom stereocenters. The van der Waals surface area contributed by atoms with Crippen LogP contribution in [0.2, 0.25) is 0 Å².